The molecule has 1 heterocycles. The minimum absolute atomic E-state index is 0.141. The Morgan fingerprint density at radius 3 is 2.19 bits per heavy atom. The number of rotatable bonds is 3. The maximum atomic E-state index is 13.2. The topological polar surface area (TPSA) is 52.6 Å². The Bertz CT molecular complexity index is 476. The van der Waals surface area contributed by atoms with Gasteiger partial charge in [0.2, 0.25) is 0 Å². The Morgan fingerprint density at radius 2 is 1.88 bits per heavy atom. The lowest BCUT2D eigenvalue weighted by Crippen LogP contribution is -2.51. The van der Waals surface area contributed by atoms with E-state index in [1.807, 2.05) is 0 Å². The first-order valence-corrected chi connectivity index (χ1v) is 6.04. The van der Waals surface area contributed by atoms with Crippen LogP contribution in [0.25, 0.3) is 0 Å². The summed E-state index contributed by atoms with van der Waals surface area (Å²) in [6.07, 6.45) is 0. The van der Waals surface area contributed by atoms with Gasteiger partial charge in [-0.1, -0.05) is 12.1 Å². The smallest absolute Gasteiger partial charge is 0.316 e. The van der Waals surface area contributed by atoms with E-state index >= 15 is 0 Å². The van der Waals surface area contributed by atoms with Crippen molar-refractivity contribution >= 4 is 10.2 Å². The molecule has 1 fully saturated rings. The van der Waals surface area contributed by atoms with E-state index in [1.54, 1.807) is 24.3 Å². The summed E-state index contributed by atoms with van der Waals surface area (Å²) in [6.45, 7) is -0.281. The Labute approximate surface area is 93.2 Å². The lowest BCUT2D eigenvalue weighted by Gasteiger charge is -2.37. The van der Waals surface area contributed by atoms with E-state index < -0.39 is 15.0 Å². The van der Waals surface area contributed by atoms with Crippen molar-refractivity contribution < 1.29 is 21.8 Å². The predicted molar refractivity (Wildman–Crippen MR) is 55.5 cm³/mol. The number of hydrogen-bond donors (Lipinski definition) is 0. The fourth-order valence-corrected chi connectivity index (χ4v) is 2.50. The van der Waals surface area contributed by atoms with Crippen LogP contribution in [0.5, 0.6) is 5.75 Å². The minimum Gasteiger partial charge on any atom is -0.497 e. The van der Waals surface area contributed by atoms with E-state index in [4.69, 9.17) is 9.47 Å². The highest BCUT2D eigenvalue weighted by molar-refractivity contribution is 7.87. The summed E-state index contributed by atoms with van der Waals surface area (Å²) in [7, 11) is -3.16. The fraction of sp³-hybridized carbons (Fsp3) is 0.400. The van der Waals surface area contributed by atoms with Crippen LogP contribution in [0.4, 0.5) is 3.89 Å². The highest BCUT2D eigenvalue weighted by Gasteiger charge is 2.52. The van der Waals surface area contributed by atoms with Gasteiger partial charge in [0.15, 0.2) is 4.75 Å². The first-order valence-electron chi connectivity index (χ1n) is 4.66. The van der Waals surface area contributed by atoms with E-state index in [2.05, 4.69) is 0 Å². The van der Waals surface area contributed by atoms with Crippen molar-refractivity contribution in [2.45, 2.75) is 4.75 Å². The third kappa shape index (κ3) is 1.58. The van der Waals surface area contributed by atoms with Gasteiger partial charge in [-0.3, -0.25) is 0 Å². The molecule has 2 rings (SSSR count). The first-order chi connectivity index (χ1) is 7.49. The number of methoxy groups -OCH3 is 1. The van der Waals surface area contributed by atoms with Crippen molar-refractivity contribution in [1.29, 1.82) is 0 Å². The Balaban J connectivity index is 2.42. The van der Waals surface area contributed by atoms with Crippen LogP contribution < -0.4 is 4.74 Å². The molecule has 1 aliphatic heterocycles. The third-order valence-corrected chi connectivity index (χ3v) is 4.16. The van der Waals surface area contributed by atoms with Gasteiger partial charge in [0.25, 0.3) is 0 Å². The third-order valence-electron chi connectivity index (χ3n) is 2.75. The van der Waals surface area contributed by atoms with E-state index in [-0.39, 0.29) is 13.2 Å². The summed E-state index contributed by atoms with van der Waals surface area (Å²) in [5, 5.41) is 0. The summed E-state index contributed by atoms with van der Waals surface area (Å²) in [6, 6.07) is 6.28. The summed E-state index contributed by atoms with van der Waals surface area (Å²) in [5.74, 6) is 0.593. The van der Waals surface area contributed by atoms with E-state index in [9.17, 15) is 12.3 Å². The van der Waals surface area contributed by atoms with Gasteiger partial charge in [-0.2, -0.15) is 8.42 Å². The van der Waals surface area contributed by atoms with Crippen LogP contribution in [0.3, 0.4) is 0 Å². The Hall–Kier alpha value is -1.14. The highest BCUT2D eigenvalue weighted by Crippen LogP contribution is 2.39. The van der Waals surface area contributed by atoms with Crippen LogP contribution >= 0.6 is 0 Å². The minimum atomic E-state index is -4.67. The summed E-state index contributed by atoms with van der Waals surface area (Å²) >= 11 is 0. The van der Waals surface area contributed by atoms with E-state index in [0.717, 1.165) is 0 Å². The van der Waals surface area contributed by atoms with Crippen molar-refractivity contribution in [3.05, 3.63) is 29.8 Å². The molecule has 0 saturated carbocycles. The summed E-state index contributed by atoms with van der Waals surface area (Å²) < 4.78 is 43.7. The van der Waals surface area contributed by atoms with Crippen molar-refractivity contribution in [2.75, 3.05) is 20.3 Å². The molecule has 1 aromatic rings. The molecule has 0 aliphatic carbocycles. The molecule has 0 N–H and O–H groups in total. The maximum Gasteiger partial charge on any atom is 0.316 e. The van der Waals surface area contributed by atoms with Crippen molar-refractivity contribution in [1.82, 2.24) is 0 Å². The van der Waals surface area contributed by atoms with E-state index in [1.165, 1.54) is 7.11 Å². The first kappa shape index (κ1) is 11.3. The van der Waals surface area contributed by atoms with Crippen LogP contribution in [-0.2, 0) is 19.7 Å². The van der Waals surface area contributed by atoms with Gasteiger partial charge in [0.05, 0.1) is 20.3 Å². The molecule has 6 heteroatoms. The molecule has 0 bridgehead atoms. The SMILES string of the molecule is COc1ccc(C2(S(=O)(=O)F)COC2)cc1. The van der Waals surface area contributed by atoms with Crippen LogP contribution in [0.1, 0.15) is 5.56 Å². The van der Waals surface area contributed by atoms with Crippen LogP contribution in [0.15, 0.2) is 24.3 Å². The largest absolute Gasteiger partial charge is 0.497 e. The second kappa shape index (κ2) is 3.71. The highest BCUT2D eigenvalue weighted by atomic mass is 32.3. The molecule has 1 aliphatic rings. The number of benzene rings is 1. The molecule has 16 heavy (non-hydrogen) atoms. The second-order valence-corrected chi connectivity index (χ2v) is 5.31. The second-order valence-electron chi connectivity index (χ2n) is 3.65. The van der Waals surface area contributed by atoms with Gasteiger partial charge in [-0.05, 0) is 17.7 Å². The average molecular weight is 246 g/mol. The van der Waals surface area contributed by atoms with Crippen LogP contribution in [0, 0.1) is 0 Å². The van der Waals surface area contributed by atoms with Gasteiger partial charge in [0, 0.05) is 0 Å². The molecular formula is C10H11FO4S. The van der Waals surface area contributed by atoms with Crippen molar-refractivity contribution in [3.63, 3.8) is 0 Å². The molecule has 1 saturated heterocycles. The predicted octanol–water partition coefficient (Wildman–Crippen LogP) is 1.22. The van der Waals surface area contributed by atoms with Crippen molar-refractivity contribution in [3.8, 4) is 5.75 Å². The normalized spacial score (nSPS) is 18.9. The van der Waals surface area contributed by atoms with E-state index in [0.29, 0.717) is 11.3 Å². The summed E-state index contributed by atoms with van der Waals surface area (Å²) in [5.41, 5.74) is 0.391. The zero-order valence-corrected chi connectivity index (χ0v) is 9.46. The number of ether oxygens (including phenoxy) is 2. The number of halogens is 1. The van der Waals surface area contributed by atoms with Crippen molar-refractivity contribution in [2.24, 2.45) is 0 Å². The number of hydrogen-bond acceptors (Lipinski definition) is 4. The standard InChI is InChI=1S/C10H11FO4S/c1-14-9-4-2-8(3-5-9)10(6-15-7-10)16(11,12)13/h2-5H,6-7H2,1H3. The zero-order valence-electron chi connectivity index (χ0n) is 8.64. The lowest BCUT2D eigenvalue weighted by atomic mass is 9.96. The zero-order chi connectivity index (χ0) is 11.8. The lowest BCUT2D eigenvalue weighted by molar-refractivity contribution is -0.0180. The fourth-order valence-electron chi connectivity index (χ4n) is 1.63. The summed E-state index contributed by atoms with van der Waals surface area (Å²) in [4.78, 5) is 0. The Kier molecular flexibility index (Phi) is 2.63. The molecule has 0 aromatic heterocycles. The average Bonchev–Trinajstić information content (AvgIpc) is 2.15. The molecule has 88 valence electrons. The van der Waals surface area contributed by atoms with Gasteiger partial charge in [-0.15, -0.1) is 3.89 Å². The molecule has 0 atom stereocenters. The van der Waals surface area contributed by atoms with Gasteiger partial charge in [0.1, 0.15) is 5.75 Å². The monoisotopic (exact) mass is 246 g/mol. The molecule has 4 nitrogen and oxygen atoms in total. The molecule has 0 unspecified atom stereocenters. The van der Waals surface area contributed by atoms with Gasteiger partial charge in [-0.25, -0.2) is 0 Å². The molecule has 0 spiro atoms. The molecule has 0 radical (unpaired) electrons. The molecule has 0 amide bonds. The van der Waals surface area contributed by atoms with Gasteiger partial charge >= 0.3 is 10.2 Å². The molecule has 1 aromatic carbocycles. The Morgan fingerprint density at radius 1 is 1.31 bits per heavy atom. The quantitative estimate of drug-likeness (QED) is 0.752. The van der Waals surface area contributed by atoms with Crippen LogP contribution in [0.2, 0.25) is 0 Å². The van der Waals surface area contributed by atoms with Crippen LogP contribution in [-0.4, -0.2) is 28.7 Å². The maximum absolute atomic E-state index is 13.2. The molecular weight excluding hydrogens is 235 g/mol. The van der Waals surface area contributed by atoms with Gasteiger partial charge < -0.3 is 9.47 Å².